The summed E-state index contributed by atoms with van der Waals surface area (Å²) in [5.41, 5.74) is 10.1. The highest BCUT2D eigenvalue weighted by Crippen LogP contribution is 2.44. The van der Waals surface area contributed by atoms with Crippen molar-refractivity contribution in [2.75, 3.05) is 12.3 Å². The van der Waals surface area contributed by atoms with Gasteiger partial charge in [-0.2, -0.15) is 0 Å². The Kier molecular flexibility index (Phi) is 5.05. The highest BCUT2D eigenvalue weighted by molar-refractivity contribution is 5.72. The van der Waals surface area contributed by atoms with Crippen molar-refractivity contribution in [2.45, 2.75) is 53.1 Å². The zero-order valence-electron chi connectivity index (χ0n) is 16.6. The van der Waals surface area contributed by atoms with Gasteiger partial charge in [0.05, 0.1) is 5.69 Å². The van der Waals surface area contributed by atoms with E-state index in [1.165, 1.54) is 6.92 Å². The molecule has 0 spiro atoms. The van der Waals surface area contributed by atoms with Crippen LogP contribution in [0.1, 0.15) is 42.5 Å². The Balaban J connectivity index is 1.87. The topological polar surface area (TPSA) is 70.8 Å². The molecule has 1 aliphatic rings. The zero-order chi connectivity index (χ0) is 19.8. The molecule has 3 rings (SSSR count). The van der Waals surface area contributed by atoms with Crippen LogP contribution in [0.4, 0.5) is 5.69 Å². The maximum atomic E-state index is 11.5. The van der Waals surface area contributed by atoms with Crippen molar-refractivity contribution in [2.24, 2.45) is 0 Å². The van der Waals surface area contributed by atoms with Gasteiger partial charge in [-0.15, -0.1) is 0 Å². The minimum atomic E-state index is -0.456. The van der Waals surface area contributed by atoms with Crippen molar-refractivity contribution >= 4 is 11.7 Å². The normalized spacial score (nSPS) is 18.4. The fourth-order valence-electron chi connectivity index (χ4n) is 3.52. The van der Waals surface area contributed by atoms with Crippen LogP contribution in [0.2, 0.25) is 0 Å². The van der Waals surface area contributed by atoms with Crippen molar-refractivity contribution in [3.63, 3.8) is 0 Å². The third kappa shape index (κ3) is 3.72. The number of esters is 1. The number of hydrogen-bond donors (Lipinski definition) is 1. The summed E-state index contributed by atoms with van der Waals surface area (Å²) in [7, 11) is 0. The molecular weight excluding hydrogens is 342 g/mol. The summed E-state index contributed by atoms with van der Waals surface area (Å²) < 4.78 is 17.8. The quantitative estimate of drug-likeness (QED) is 0.495. The Hall–Kier alpha value is -2.69. The molecule has 1 heterocycles. The first-order chi connectivity index (χ1) is 12.7. The van der Waals surface area contributed by atoms with Crippen LogP contribution in [-0.4, -0.2) is 18.2 Å². The Labute approximate surface area is 160 Å². The zero-order valence-corrected chi connectivity index (χ0v) is 16.6. The summed E-state index contributed by atoms with van der Waals surface area (Å²) in [6, 6.07) is 7.47. The molecule has 0 aromatic heterocycles. The first kappa shape index (κ1) is 19.1. The molecule has 2 aromatic rings. The van der Waals surface area contributed by atoms with Crippen LogP contribution < -0.4 is 19.9 Å². The van der Waals surface area contributed by atoms with Crippen LogP contribution in [0, 0.1) is 20.8 Å². The lowest BCUT2D eigenvalue weighted by atomic mass is 9.87. The van der Waals surface area contributed by atoms with E-state index in [9.17, 15) is 4.79 Å². The molecule has 0 bridgehead atoms. The van der Waals surface area contributed by atoms with E-state index in [1.807, 2.05) is 45.0 Å². The number of carbonyl (C=O) groups is 1. The summed E-state index contributed by atoms with van der Waals surface area (Å²) in [6.07, 6.45) is 1.64. The summed E-state index contributed by atoms with van der Waals surface area (Å²) >= 11 is 0. The van der Waals surface area contributed by atoms with Gasteiger partial charge in [-0.05, 0) is 69.4 Å². The van der Waals surface area contributed by atoms with Gasteiger partial charge in [0, 0.05) is 12.5 Å². The molecule has 0 radical (unpaired) electrons. The van der Waals surface area contributed by atoms with E-state index < -0.39 is 5.60 Å². The molecule has 0 saturated carbocycles. The molecule has 0 amide bonds. The van der Waals surface area contributed by atoms with Gasteiger partial charge in [-0.1, -0.05) is 12.1 Å². The fraction of sp³-hybridized carbons (Fsp3) is 0.409. The maximum absolute atomic E-state index is 11.5. The third-order valence-electron chi connectivity index (χ3n) is 5.26. The Bertz CT molecular complexity index is 890. The van der Waals surface area contributed by atoms with Crippen LogP contribution in [0.15, 0.2) is 24.3 Å². The molecule has 1 unspecified atom stereocenters. The smallest absolute Gasteiger partial charge is 0.308 e. The molecule has 1 aliphatic heterocycles. The largest absolute Gasteiger partial charge is 0.487 e. The van der Waals surface area contributed by atoms with Crippen LogP contribution in [0.3, 0.4) is 0 Å². The number of benzene rings is 2. The van der Waals surface area contributed by atoms with E-state index in [4.69, 9.17) is 19.9 Å². The van der Waals surface area contributed by atoms with Crippen molar-refractivity contribution in [1.29, 1.82) is 0 Å². The molecule has 5 heteroatoms. The van der Waals surface area contributed by atoms with Gasteiger partial charge in [0.25, 0.3) is 0 Å². The second kappa shape index (κ2) is 7.14. The summed E-state index contributed by atoms with van der Waals surface area (Å²) in [5, 5.41) is 0. The standard InChI is InChI=1S/C22H27NO4/c1-13-14(2)21-17(15(3)20(13)26-16(4)24)10-11-22(5,27-21)12-25-19-9-7-6-8-18(19)23/h6-9H,10-12,23H2,1-5H3. The lowest BCUT2D eigenvalue weighted by Gasteiger charge is -2.37. The van der Waals surface area contributed by atoms with E-state index in [2.05, 4.69) is 6.92 Å². The van der Waals surface area contributed by atoms with Gasteiger partial charge in [0.15, 0.2) is 0 Å². The second-order valence-corrected chi connectivity index (χ2v) is 7.48. The van der Waals surface area contributed by atoms with E-state index >= 15 is 0 Å². The van der Waals surface area contributed by atoms with Crippen molar-refractivity contribution in [1.82, 2.24) is 0 Å². The predicted octanol–water partition coefficient (Wildman–Crippen LogP) is 4.28. The average Bonchev–Trinajstić information content (AvgIpc) is 2.62. The average molecular weight is 369 g/mol. The Morgan fingerprint density at radius 2 is 1.89 bits per heavy atom. The molecule has 0 aliphatic carbocycles. The molecule has 27 heavy (non-hydrogen) atoms. The lowest BCUT2D eigenvalue weighted by Crippen LogP contribution is -2.42. The monoisotopic (exact) mass is 369 g/mol. The van der Waals surface area contributed by atoms with Crippen LogP contribution in [0.25, 0.3) is 0 Å². The number of anilines is 1. The van der Waals surface area contributed by atoms with E-state index in [0.717, 1.165) is 40.8 Å². The number of carbonyl (C=O) groups excluding carboxylic acids is 1. The van der Waals surface area contributed by atoms with Crippen LogP contribution >= 0.6 is 0 Å². The number of ether oxygens (including phenoxy) is 3. The number of nitrogen functional groups attached to an aromatic ring is 1. The highest BCUT2D eigenvalue weighted by atomic mass is 16.5. The van der Waals surface area contributed by atoms with Crippen molar-refractivity contribution in [3.8, 4) is 17.2 Å². The molecular formula is C22H27NO4. The molecule has 5 nitrogen and oxygen atoms in total. The number of rotatable bonds is 4. The van der Waals surface area contributed by atoms with Crippen molar-refractivity contribution < 1.29 is 19.0 Å². The molecule has 0 saturated heterocycles. The van der Waals surface area contributed by atoms with E-state index in [-0.39, 0.29) is 5.97 Å². The van der Waals surface area contributed by atoms with Gasteiger partial charge in [0.1, 0.15) is 29.5 Å². The molecule has 144 valence electrons. The van der Waals surface area contributed by atoms with Gasteiger partial charge >= 0.3 is 5.97 Å². The van der Waals surface area contributed by atoms with Gasteiger partial charge in [-0.25, -0.2) is 0 Å². The second-order valence-electron chi connectivity index (χ2n) is 7.48. The van der Waals surface area contributed by atoms with Gasteiger partial charge in [-0.3, -0.25) is 4.79 Å². The third-order valence-corrected chi connectivity index (χ3v) is 5.26. The number of para-hydroxylation sites is 2. The van der Waals surface area contributed by atoms with Gasteiger partial charge < -0.3 is 19.9 Å². The lowest BCUT2D eigenvalue weighted by molar-refractivity contribution is -0.132. The van der Waals surface area contributed by atoms with Crippen LogP contribution in [-0.2, 0) is 11.2 Å². The fourth-order valence-corrected chi connectivity index (χ4v) is 3.52. The minimum absolute atomic E-state index is 0.309. The number of hydrogen-bond acceptors (Lipinski definition) is 5. The highest BCUT2D eigenvalue weighted by Gasteiger charge is 2.36. The first-order valence-corrected chi connectivity index (χ1v) is 9.19. The number of fused-ring (bicyclic) bond motifs is 1. The summed E-state index contributed by atoms with van der Waals surface area (Å²) in [6.45, 7) is 9.83. The molecule has 0 fully saturated rings. The molecule has 2 N–H and O–H groups in total. The Morgan fingerprint density at radius 3 is 2.56 bits per heavy atom. The predicted molar refractivity (Wildman–Crippen MR) is 106 cm³/mol. The van der Waals surface area contributed by atoms with E-state index in [0.29, 0.717) is 23.8 Å². The molecule has 2 aromatic carbocycles. The number of nitrogens with two attached hydrogens (primary N) is 1. The van der Waals surface area contributed by atoms with Crippen LogP contribution in [0.5, 0.6) is 17.2 Å². The van der Waals surface area contributed by atoms with Gasteiger partial charge in [0.2, 0.25) is 0 Å². The molecule has 1 atom stereocenters. The first-order valence-electron chi connectivity index (χ1n) is 9.19. The summed E-state index contributed by atoms with van der Waals surface area (Å²) in [5.74, 6) is 1.89. The van der Waals surface area contributed by atoms with Crippen molar-refractivity contribution in [3.05, 3.63) is 46.5 Å². The minimum Gasteiger partial charge on any atom is -0.487 e. The summed E-state index contributed by atoms with van der Waals surface area (Å²) in [4.78, 5) is 11.5. The van der Waals surface area contributed by atoms with E-state index in [1.54, 1.807) is 0 Å². The SMILES string of the molecule is CC(=O)Oc1c(C)c(C)c2c(c1C)CCC(C)(COc1ccccc1N)O2. The maximum Gasteiger partial charge on any atom is 0.308 e. The Morgan fingerprint density at radius 1 is 1.19 bits per heavy atom.